The van der Waals surface area contributed by atoms with Gasteiger partial charge in [0.25, 0.3) is 0 Å². The van der Waals surface area contributed by atoms with Crippen LogP contribution in [0.2, 0.25) is 0 Å². The van der Waals surface area contributed by atoms with Crippen molar-refractivity contribution in [2.45, 2.75) is 24.6 Å². The summed E-state index contributed by atoms with van der Waals surface area (Å²) in [6.07, 6.45) is -3.60. The van der Waals surface area contributed by atoms with Gasteiger partial charge in [-0.3, -0.25) is 0 Å². The molecule has 0 aliphatic carbocycles. The van der Waals surface area contributed by atoms with Crippen molar-refractivity contribution in [2.75, 3.05) is 13.1 Å². The summed E-state index contributed by atoms with van der Waals surface area (Å²) < 4.78 is 37.7. The van der Waals surface area contributed by atoms with Gasteiger partial charge in [-0.25, -0.2) is 5.32 Å². The minimum Gasteiger partial charge on any atom is -0.385 e. The van der Waals surface area contributed by atoms with Crippen molar-refractivity contribution in [3.8, 4) is 0 Å². The Labute approximate surface area is 97.5 Å². The smallest absolute Gasteiger partial charge is 0.385 e. The highest BCUT2D eigenvalue weighted by Gasteiger charge is 2.35. The summed E-state index contributed by atoms with van der Waals surface area (Å²) in [6, 6.07) is 4.92. The van der Waals surface area contributed by atoms with Gasteiger partial charge in [0.1, 0.15) is 0 Å². The van der Waals surface area contributed by atoms with E-state index in [1.165, 1.54) is 6.07 Å². The average molecular weight is 244 g/mol. The molecule has 0 aromatic heterocycles. The number of alkyl halides is 3. The lowest BCUT2D eigenvalue weighted by Gasteiger charge is -2.32. The van der Waals surface area contributed by atoms with Crippen molar-refractivity contribution in [3.05, 3.63) is 35.4 Å². The highest BCUT2D eigenvalue weighted by atomic mass is 19.4. The van der Waals surface area contributed by atoms with E-state index in [4.69, 9.17) is 0 Å². The molecule has 0 atom stereocenters. The van der Waals surface area contributed by atoms with Crippen molar-refractivity contribution in [2.24, 2.45) is 0 Å². The zero-order valence-corrected chi connectivity index (χ0v) is 9.17. The van der Waals surface area contributed by atoms with E-state index in [0.717, 1.165) is 12.1 Å². The molecule has 0 bridgehead atoms. The van der Waals surface area contributed by atoms with Crippen LogP contribution in [0.15, 0.2) is 24.3 Å². The third-order valence-electron chi connectivity index (χ3n) is 3.09. The monoisotopic (exact) mass is 244 g/mol. The van der Waals surface area contributed by atoms with E-state index < -0.39 is 17.3 Å². The predicted octanol–water partition coefficient (Wildman–Crippen LogP) is 2.29. The molecule has 5 heteroatoms. The fraction of sp³-hybridized carbons (Fsp3) is 0.500. The van der Waals surface area contributed by atoms with Crippen molar-refractivity contribution in [1.82, 2.24) is 5.32 Å². The van der Waals surface area contributed by atoms with E-state index >= 15 is 0 Å². The molecule has 0 amide bonds. The van der Waals surface area contributed by atoms with Gasteiger partial charge in [0.05, 0.1) is 11.2 Å². The second-order valence-corrected chi connectivity index (χ2v) is 4.28. The molecule has 0 spiro atoms. The Bertz CT molecular complexity index is 397. The Morgan fingerprint density at radius 2 is 1.82 bits per heavy atom. The van der Waals surface area contributed by atoms with Crippen molar-refractivity contribution in [1.29, 1.82) is 0 Å². The lowest BCUT2D eigenvalue weighted by molar-refractivity contribution is -0.137. The number of rotatable bonds is 1. The summed E-state index contributed by atoms with van der Waals surface area (Å²) in [7, 11) is 0. The minimum absolute atomic E-state index is 0.335. The van der Waals surface area contributed by atoms with Crippen LogP contribution in [0.4, 0.5) is 13.2 Å². The van der Waals surface area contributed by atoms with Crippen LogP contribution < -0.4 is 5.32 Å². The van der Waals surface area contributed by atoms with Crippen LogP contribution in [-0.2, 0) is 11.8 Å². The highest BCUT2D eigenvalue weighted by molar-refractivity contribution is 5.30. The van der Waals surface area contributed by atoms with Gasteiger partial charge in [-0.15, -0.1) is 0 Å². The molecule has 93 valence electrons. The molecule has 17 heavy (non-hydrogen) atoms. The Hall–Kier alpha value is -1.07. The fourth-order valence-electron chi connectivity index (χ4n) is 2.04. The largest absolute Gasteiger partial charge is 0.416 e. The number of halogens is 3. The van der Waals surface area contributed by atoms with Crippen LogP contribution in [0.5, 0.6) is 0 Å². The van der Waals surface area contributed by atoms with E-state index in [2.05, 4.69) is 5.32 Å². The Kier molecular flexibility index (Phi) is 3.14. The maximum Gasteiger partial charge on any atom is 0.416 e. The van der Waals surface area contributed by atoms with Crippen LogP contribution in [0.1, 0.15) is 24.0 Å². The molecule has 1 radical (unpaired) electrons. The van der Waals surface area contributed by atoms with Gasteiger partial charge in [-0.1, -0.05) is 12.1 Å². The number of nitrogens with zero attached hydrogens (tertiary/aromatic N) is 1. The Balaban J connectivity index is 2.32. The molecule has 1 aromatic rings. The van der Waals surface area contributed by atoms with Gasteiger partial charge in [0, 0.05) is 13.1 Å². The summed E-state index contributed by atoms with van der Waals surface area (Å²) >= 11 is 0. The highest BCUT2D eigenvalue weighted by Crippen LogP contribution is 2.35. The van der Waals surface area contributed by atoms with Crippen molar-refractivity contribution in [3.63, 3.8) is 0 Å². The second-order valence-electron chi connectivity index (χ2n) is 4.28. The molecule has 1 aliphatic heterocycles. The topological polar surface area (TPSA) is 34.3 Å². The van der Waals surface area contributed by atoms with Crippen LogP contribution in [0.3, 0.4) is 0 Å². The molecule has 1 N–H and O–H groups in total. The van der Waals surface area contributed by atoms with Crippen LogP contribution in [0.25, 0.3) is 0 Å². The molecule has 1 aromatic carbocycles. The standard InChI is InChI=1S/C12H13F3NO/c13-12(14,15)10-3-1-2-9(8-10)11(17)4-6-16-7-5-11/h1-3,8,17H,4-7H2. The fourth-order valence-corrected chi connectivity index (χ4v) is 2.04. The molecular weight excluding hydrogens is 231 g/mol. The molecule has 1 aliphatic rings. The van der Waals surface area contributed by atoms with Crippen molar-refractivity contribution < 1.29 is 18.3 Å². The minimum atomic E-state index is -4.37. The number of benzene rings is 1. The first kappa shape index (κ1) is 12.4. The van der Waals surface area contributed by atoms with E-state index in [9.17, 15) is 18.3 Å². The maximum absolute atomic E-state index is 12.6. The molecule has 0 unspecified atom stereocenters. The van der Waals surface area contributed by atoms with Gasteiger partial charge >= 0.3 is 6.18 Å². The van der Waals surface area contributed by atoms with Gasteiger partial charge in [-0.2, -0.15) is 13.2 Å². The first-order chi connectivity index (χ1) is 7.92. The zero-order valence-electron chi connectivity index (χ0n) is 9.17. The summed E-state index contributed by atoms with van der Waals surface area (Å²) in [4.78, 5) is 0. The van der Waals surface area contributed by atoms with Crippen LogP contribution >= 0.6 is 0 Å². The number of hydrogen-bond donors (Lipinski definition) is 1. The summed E-state index contributed by atoms with van der Waals surface area (Å²) in [5.74, 6) is 0. The summed E-state index contributed by atoms with van der Waals surface area (Å²) in [5, 5.41) is 14.4. The molecule has 1 saturated heterocycles. The van der Waals surface area contributed by atoms with Crippen molar-refractivity contribution >= 4 is 0 Å². The lowest BCUT2D eigenvalue weighted by atomic mass is 9.84. The average Bonchev–Trinajstić information content (AvgIpc) is 2.29. The first-order valence-electron chi connectivity index (χ1n) is 5.45. The van der Waals surface area contributed by atoms with Gasteiger partial charge in [0.2, 0.25) is 0 Å². The molecule has 1 fully saturated rings. The number of hydrogen-bond acceptors (Lipinski definition) is 1. The molecule has 2 nitrogen and oxygen atoms in total. The van der Waals surface area contributed by atoms with Gasteiger partial charge < -0.3 is 5.11 Å². The molecule has 0 saturated carbocycles. The Morgan fingerprint density at radius 1 is 1.18 bits per heavy atom. The van der Waals surface area contributed by atoms with Gasteiger partial charge in [0.15, 0.2) is 0 Å². The van der Waals surface area contributed by atoms with E-state index in [1.807, 2.05) is 0 Å². The second kappa shape index (κ2) is 4.31. The molecule has 2 rings (SSSR count). The van der Waals surface area contributed by atoms with E-state index in [-0.39, 0.29) is 0 Å². The first-order valence-corrected chi connectivity index (χ1v) is 5.45. The SMILES string of the molecule is OC1(c2cccc(C(F)(F)F)c2)CC[N]CC1. The summed E-state index contributed by atoms with van der Waals surface area (Å²) in [5.41, 5.74) is -1.55. The third-order valence-corrected chi connectivity index (χ3v) is 3.09. The van der Waals surface area contributed by atoms with Crippen LogP contribution in [-0.4, -0.2) is 18.2 Å². The predicted molar refractivity (Wildman–Crippen MR) is 56.4 cm³/mol. The number of piperidine rings is 1. The number of aliphatic hydroxyl groups is 1. The molecule has 1 heterocycles. The lowest BCUT2D eigenvalue weighted by Crippen LogP contribution is -2.36. The van der Waals surface area contributed by atoms with E-state index in [0.29, 0.717) is 31.5 Å². The maximum atomic E-state index is 12.6. The van der Waals surface area contributed by atoms with Gasteiger partial charge in [-0.05, 0) is 30.5 Å². The summed E-state index contributed by atoms with van der Waals surface area (Å²) in [6.45, 7) is 0.986. The van der Waals surface area contributed by atoms with E-state index in [1.54, 1.807) is 6.07 Å². The normalized spacial score (nSPS) is 20.2. The third kappa shape index (κ3) is 2.61. The van der Waals surface area contributed by atoms with Crippen LogP contribution in [0, 0.1) is 0 Å². The quantitative estimate of drug-likeness (QED) is 0.808. The molecular formula is C12H13F3NO. The Morgan fingerprint density at radius 3 is 2.41 bits per heavy atom. The zero-order chi connectivity index (χ0) is 12.5.